The highest BCUT2D eigenvalue weighted by atomic mass is 15.2. The number of anilines is 6. The number of benzene rings is 9. The monoisotopic (exact) mass is 854 g/mol. The second-order valence-electron chi connectivity index (χ2n) is 19.6. The first kappa shape index (κ1) is 40.9. The molecule has 4 heteroatoms. The SMILES string of the molecule is CC(C)(C)c1ccc2c(c1)c1cc(N(c3ccccc3)c3cccc(N(c4ccccc4)c4ccc5c(c4)c4cc(C(C)(C)C)ccc4n5-c4ccccc4)c3)ccc1n2-c1ccccc1. The summed E-state index contributed by atoms with van der Waals surface area (Å²) in [5, 5.41) is 4.94. The van der Waals surface area contributed by atoms with Gasteiger partial charge in [0.1, 0.15) is 0 Å². The highest BCUT2D eigenvalue weighted by Gasteiger charge is 2.23. The van der Waals surface area contributed by atoms with Crippen molar-refractivity contribution < 1.29 is 0 Å². The van der Waals surface area contributed by atoms with Crippen LogP contribution in [0.2, 0.25) is 0 Å². The van der Waals surface area contributed by atoms with Gasteiger partial charge in [-0.2, -0.15) is 0 Å². The van der Waals surface area contributed by atoms with Crippen LogP contribution in [0.15, 0.2) is 218 Å². The van der Waals surface area contributed by atoms with Crippen LogP contribution in [0.5, 0.6) is 0 Å². The predicted octanol–water partition coefficient (Wildman–Crippen LogP) is 17.4. The van der Waals surface area contributed by atoms with E-state index < -0.39 is 0 Å². The molecule has 11 aromatic rings. The van der Waals surface area contributed by atoms with E-state index >= 15 is 0 Å². The van der Waals surface area contributed by atoms with E-state index in [0.29, 0.717) is 0 Å². The van der Waals surface area contributed by atoms with Crippen molar-refractivity contribution in [1.82, 2.24) is 9.13 Å². The Morgan fingerprint density at radius 2 is 0.576 bits per heavy atom. The van der Waals surface area contributed by atoms with Gasteiger partial charge in [-0.25, -0.2) is 0 Å². The summed E-state index contributed by atoms with van der Waals surface area (Å²) in [6.07, 6.45) is 0. The summed E-state index contributed by atoms with van der Waals surface area (Å²) in [4.78, 5) is 4.80. The van der Waals surface area contributed by atoms with Gasteiger partial charge in [-0.15, -0.1) is 0 Å². The zero-order valence-corrected chi connectivity index (χ0v) is 38.6. The molecule has 0 aliphatic heterocycles. The maximum absolute atomic E-state index is 2.41. The quantitative estimate of drug-likeness (QED) is 0.151. The second-order valence-corrected chi connectivity index (χ2v) is 19.6. The third kappa shape index (κ3) is 7.20. The second kappa shape index (κ2) is 16.0. The fraction of sp³-hybridized carbons (Fsp3) is 0.129. The van der Waals surface area contributed by atoms with Crippen LogP contribution in [0.25, 0.3) is 55.0 Å². The zero-order chi connectivity index (χ0) is 45.2. The van der Waals surface area contributed by atoms with Crippen LogP contribution in [0.3, 0.4) is 0 Å². The molecule has 0 N–H and O–H groups in total. The first-order valence-corrected chi connectivity index (χ1v) is 23.1. The molecular formula is C62H54N4. The molecule has 0 unspecified atom stereocenters. The lowest BCUT2D eigenvalue weighted by atomic mass is 9.86. The molecule has 0 atom stereocenters. The van der Waals surface area contributed by atoms with Gasteiger partial charge in [0, 0.05) is 67.0 Å². The molecule has 0 saturated carbocycles. The molecule has 66 heavy (non-hydrogen) atoms. The number of hydrogen-bond acceptors (Lipinski definition) is 2. The van der Waals surface area contributed by atoms with E-state index in [1.54, 1.807) is 0 Å². The third-order valence-electron chi connectivity index (χ3n) is 13.1. The van der Waals surface area contributed by atoms with E-state index in [9.17, 15) is 0 Å². The van der Waals surface area contributed by atoms with Gasteiger partial charge in [0.25, 0.3) is 0 Å². The molecule has 0 bridgehead atoms. The number of fused-ring (bicyclic) bond motifs is 6. The van der Waals surface area contributed by atoms with Gasteiger partial charge in [-0.1, -0.05) is 133 Å². The number of aromatic nitrogens is 2. The van der Waals surface area contributed by atoms with Crippen LogP contribution < -0.4 is 9.80 Å². The molecule has 0 aliphatic carbocycles. The van der Waals surface area contributed by atoms with Crippen molar-refractivity contribution in [2.24, 2.45) is 0 Å². The minimum Gasteiger partial charge on any atom is -0.310 e. The molecule has 0 radical (unpaired) electrons. The number of hydrogen-bond donors (Lipinski definition) is 0. The molecule has 9 aromatic carbocycles. The molecular weight excluding hydrogens is 801 g/mol. The smallest absolute Gasteiger partial charge is 0.0542 e. The zero-order valence-electron chi connectivity index (χ0n) is 38.6. The average Bonchev–Trinajstić information content (AvgIpc) is 3.84. The maximum Gasteiger partial charge on any atom is 0.0542 e. The molecule has 2 heterocycles. The lowest BCUT2D eigenvalue weighted by Gasteiger charge is -2.29. The Balaban J connectivity index is 1.10. The standard InChI is InChI=1S/C62H54N4/c1-61(2,3)43-30-34-57-53(38-43)55-41-51(32-36-59(55)65(57)47-24-15-9-16-25-47)63(45-20-11-7-12-21-45)49-28-19-29-50(40-49)64(46-22-13-8-14-23-46)52-33-37-60-56(42-52)54-39-44(62(4,5)6)31-35-58(54)66(60)48-26-17-10-18-27-48/h7-42H,1-6H3. The number of nitrogens with zero attached hydrogens (tertiary/aromatic N) is 4. The van der Waals surface area contributed by atoms with E-state index in [-0.39, 0.29) is 10.8 Å². The van der Waals surface area contributed by atoms with Crippen LogP contribution in [-0.2, 0) is 10.8 Å². The summed E-state index contributed by atoms with van der Waals surface area (Å²) < 4.78 is 4.81. The van der Waals surface area contributed by atoms with Gasteiger partial charge in [0.05, 0.1) is 22.1 Å². The van der Waals surface area contributed by atoms with E-state index in [4.69, 9.17) is 0 Å². The van der Waals surface area contributed by atoms with Gasteiger partial charge in [-0.05, 0) is 149 Å². The summed E-state index contributed by atoms with van der Waals surface area (Å²) in [7, 11) is 0. The number of rotatable bonds is 8. The van der Waals surface area contributed by atoms with Crippen molar-refractivity contribution >= 4 is 77.7 Å². The topological polar surface area (TPSA) is 16.3 Å². The van der Waals surface area contributed by atoms with E-state index in [0.717, 1.165) is 45.5 Å². The molecule has 0 fully saturated rings. The van der Waals surface area contributed by atoms with E-state index in [2.05, 4.69) is 279 Å². The molecule has 0 aliphatic rings. The fourth-order valence-electron chi connectivity index (χ4n) is 9.76. The van der Waals surface area contributed by atoms with E-state index in [1.807, 2.05) is 0 Å². The van der Waals surface area contributed by atoms with Crippen molar-refractivity contribution in [3.8, 4) is 11.4 Å². The first-order chi connectivity index (χ1) is 32.0. The van der Waals surface area contributed by atoms with Crippen LogP contribution >= 0.6 is 0 Å². The van der Waals surface area contributed by atoms with Crippen molar-refractivity contribution in [2.45, 2.75) is 52.4 Å². The summed E-state index contributed by atoms with van der Waals surface area (Å²) in [5.41, 5.74) is 16.2. The molecule has 4 nitrogen and oxygen atoms in total. The minimum absolute atomic E-state index is 0.00692. The first-order valence-electron chi connectivity index (χ1n) is 23.1. The number of para-hydroxylation sites is 4. The summed E-state index contributed by atoms with van der Waals surface area (Å²) in [6.45, 7) is 13.8. The van der Waals surface area contributed by atoms with E-state index in [1.165, 1.54) is 54.7 Å². The Kier molecular flexibility index (Phi) is 9.92. The van der Waals surface area contributed by atoms with Crippen molar-refractivity contribution in [3.63, 3.8) is 0 Å². The lowest BCUT2D eigenvalue weighted by molar-refractivity contribution is 0.591. The lowest BCUT2D eigenvalue weighted by Crippen LogP contribution is -2.13. The third-order valence-corrected chi connectivity index (χ3v) is 13.1. The Labute approximate surface area is 388 Å². The van der Waals surface area contributed by atoms with Gasteiger partial charge < -0.3 is 18.9 Å². The van der Waals surface area contributed by atoms with Gasteiger partial charge in [-0.3, -0.25) is 0 Å². The van der Waals surface area contributed by atoms with Crippen LogP contribution in [0.4, 0.5) is 34.1 Å². The van der Waals surface area contributed by atoms with Crippen molar-refractivity contribution in [3.05, 3.63) is 230 Å². The summed E-state index contributed by atoms with van der Waals surface area (Å²) in [6, 6.07) is 80.0. The average molecular weight is 855 g/mol. The summed E-state index contributed by atoms with van der Waals surface area (Å²) in [5.74, 6) is 0. The Bertz CT molecular complexity index is 3300. The molecule has 0 saturated heterocycles. The maximum atomic E-state index is 2.41. The largest absolute Gasteiger partial charge is 0.310 e. The normalized spacial score (nSPS) is 12.1. The van der Waals surface area contributed by atoms with Crippen molar-refractivity contribution in [2.75, 3.05) is 9.80 Å². The van der Waals surface area contributed by atoms with Crippen LogP contribution in [-0.4, -0.2) is 9.13 Å². The molecule has 0 spiro atoms. The molecule has 322 valence electrons. The molecule has 11 rings (SSSR count). The Morgan fingerprint density at radius 3 is 0.939 bits per heavy atom. The van der Waals surface area contributed by atoms with Crippen molar-refractivity contribution in [1.29, 1.82) is 0 Å². The fourth-order valence-corrected chi connectivity index (χ4v) is 9.76. The highest BCUT2D eigenvalue weighted by Crippen LogP contribution is 2.45. The van der Waals surface area contributed by atoms with Gasteiger partial charge in [0.15, 0.2) is 0 Å². The highest BCUT2D eigenvalue weighted by molar-refractivity contribution is 6.12. The molecule has 0 amide bonds. The van der Waals surface area contributed by atoms with Crippen LogP contribution in [0, 0.1) is 0 Å². The minimum atomic E-state index is 0.00692. The van der Waals surface area contributed by atoms with Gasteiger partial charge >= 0.3 is 0 Å². The predicted molar refractivity (Wildman–Crippen MR) is 282 cm³/mol. The van der Waals surface area contributed by atoms with Crippen LogP contribution in [0.1, 0.15) is 52.7 Å². The Hall–Kier alpha value is -7.82. The van der Waals surface area contributed by atoms with Gasteiger partial charge in [0.2, 0.25) is 0 Å². The Morgan fingerprint density at radius 1 is 0.273 bits per heavy atom. The summed E-state index contributed by atoms with van der Waals surface area (Å²) >= 11 is 0. The molecule has 2 aromatic heterocycles.